The SMILES string of the molecule is CC/C=C\C/C=C\C/C=C\C/C=C\C/C=C\C/C=C\C/C=C\C/C=C\CCCCCCCCC(=O)NC(COC1OC(CO)C(O)C(O)C1O)C(O)/C=C/CCCCCCCCCCCCCCCCCCCCCCCCCCCCC. The number of rotatable bonds is 59. The largest absolute Gasteiger partial charge is 0.394 e. The molecule has 1 heterocycles. The summed E-state index contributed by atoms with van der Waals surface area (Å²) in [6, 6.07) is -0.823. The Morgan fingerprint density at radius 2 is 0.747 bits per heavy atom. The molecule has 0 saturated carbocycles. The van der Waals surface area contributed by atoms with E-state index in [1.165, 1.54) is 161 Å². The highest BCUT2D eigenvalue weighted by Crippen LogP contribution is 2.23. The quantitative estimate of drug-likeness (QED) is 0.0261. The first-order chi connectivity index (χ1) is 40.8. The lowest BCUT2D eigenvalue weighted by Gasteiger charge is -2.40. The van der Waals surface area contributed by atoms with Gasteiger partial charge in [0.25, 0.3) is 0 Å². The van der Waals surface area contributed by atoms with Gasteiger partial charge < -0.3 is 40.3 Å². The highest BCUT2D eigenvalue weighted by Gasteiger charge is 2.44. The first-order valence-corrected chi connectivity index (χ1v) is 34.6. The van der Waals surface area contributed by atoms with Gasteiger partial charge in [0.2, 0.25) is 5.91 Å². The molecule has 0 bridgehead atoms. The minimum Gasteiger partial charge on any atom is -0.394 e. The highest BCUT2D eigenvalue weighted by atomic mass is 16.7. The van der Waals surface area contributed by atoms with Crippen LogP contribution in [0.3, 0.4) is 0 Å². The molecule has 0 aromatic rings. The van der Waals surface area contributed by atoms with Gasteiger partial charge in [-0.1, -0.05) is 316 Å². The zero-order chi connectivity index (χ0) is 60.0. The van der Waals surface area contributed by atoms with Crippen molar-refractivity contribution in [2.75, 3.05) is 13.2 Å². The number of aliphatic hydroxyl groups is 5. The summed E-state index contributed by atoms with van der Waals surface area (Å²) in [5.74, 6) is -0.193. The van der Waals surface area contributed by atoms with E-state index in [0.29, 0.717) is 6.42 Å². The van der Waals surface area contributed by atoms with Crippen LogP contribution in [0.4, 0.5) is 0 Å². The summed E-state index contributed by atoms with van der Waals surface area (Å²) >= 11 is 0. The molecule has 9 heteroatoms. The van der Waals surface area contributed by atoms with Gasteiger partial charge in [0, 0.05) is 6.42 Å². The van der Waals surface area contributed by atoms with Crippen molar-refractivity contribution in [3.63, 3.8) is 0 Å². The van der Waals surface area contributed by atoms with Crippen LogP contribution >= 0.6 is 0 Å². The number of allylic oxidation sites excluding steroid dienone is 17. The number of nitrogens with one attached hydrogen (secondary N) is 1. The van der Waals surface area contributed by atoms with Crippen molar-refractivity contribution in [3.8, 4) is 0 Å². The third-order valence-electron chi connectivity index (χ3n) is 15.9. The standard InChI is InChI=1S/C74H129NO8/c1-3-5-7-9-11-13-15-17-19-21-23-25-27-29-31-33-34-36-38-40-42-44-46-48-50-52-54-56-58-60-62-64-70(78)75-67(66-82-74-73(81)72(80)71(79)69(65-76)83-74)68(77)63-61-59-57-55-53-51-49-47-45-43-41-39-37-35-32-30-28-26-24-22-20-18-16-14-12-10-8-6-4-2/h5,7,11,13,17,19,23,25,29,31,34,36,40,42,46,48,61,63,67-69,71-74,76-77,79-81H,3-4,6,8-10,12,14-16,18,20-22,24,26-28,30,32-33,35,37-39,41,43-45,47,49-60,62,64-66H2,1-2H3,(H,75,78)/b7-5-,13-11-,19-17-,25-23-,31-29-,36-34-,42-40-,48-46-,63-61+. The zero-order valence-electron chi connectivity index (χ0n) is 53.4. The molecule has 1 rings (SSSR count). The van der Waals surface area contributed by atoms with Crippen molar-refractivity contribution in [1.82, 2.24) is 5.32 Å². The number of carbonyl (C=O) groups excluding carboxylic acids is 1. The van der Waals surface area contributed by atoms with Gasteiger partial charge in [-0.25, -0.2) is 0 Å². The summed E-state index contributed by atoms with van der Waals surface area (Å²) in [5.41, 5.74) is 0. The molecule has 0 aromatic heterocycles. The van der Waals surface area contributed by atoms with Gasteiger partial charge in [0.15, 0.2) is 6.29 Å². The smallest absolute Gasteiger partial charge is 0.220 e. The molecule has 83 heavy (non-hydrogen) atoms. The lowest BCUT2D eigenvalue weighted by Crippen LogP contribution is -2.60. The third kappa shape index (κ3) is 50.7. The Morgan fingerprint density at radius 1 is 0.422 bits per heavy atom. The molecule has 1 aliphatic heterocycles. The van der Waals surface area contributed by atoms with Gasteiger partial charge in [0.05, 0.1) is 25.4 Å². The van der Waals surface area contributed by atoms with E-state index >= 15 is 0 Å². The Labute approximate surface area is 510 Å². The molecule has 0 spiro atoms. The van der Waals surface area contributed by atoms with Crippen LogP contribution in [0, 0.1) is 0 Å². The number of hydrogen-bond acceptors (Lipinski definition) is 8. The number of aliphatic hydroxyl groups excluding tert-OH is 5. The van der Waals surface area contributed by atoms with Gasteiger partial charge in [-0.15, -0.1) is 0 Å². The second-order valence-corrected chi connectivity index (χ2v) is 23.6. The molecule has 1 saturated heterocycles. The van der Waals surface area contributed by atoms with Crippen LogP contribution in [0.2, 0.25) is 0 Å². The van der Waals surface area contributed by atoms with Crippen molar-refractivity contribution < 1.29 is 39.8 Å². The Balaban J connectivity index is 2.19. The van der Waals surface area contributed by atoms with Gasteiger partial charge in [-0.05, 0) is 83.5 Å². The van der Waals surface area contributed by atoms with E-state index in [1.54, 1.807) is 6.08 Å². The first-order valence-electron chi connectivity index (χ1n) is 34.6. The molecule has 1 aliphatic rings. The number of unbranched alkanes of at least 4 members (excludes halogenated alkanes) is 33. The van der Waals surface area contributed by atoms with E-state index in [-0.39, 0.29) is 12.5 Å². The molecule has 1 amide bonds. The fourth-order valence-corrected chi connectivity index (χ4v) is 10.5. The van der Waals surface area contributed by atoms with E-state index in [9.17, 15) is 30.3 Å². The van der Waals surface area contributed by atoms with E-state index in [4.69, 9.17) is 9.47 Å². The molecule has 7 atom stereocenters. The van der Waals surface area contributed by atoms with Crippen LogP contribution in [0.25, 0.3) is 0 Å². The van der Waals surface area contributed by atoms with Crippen molar-refractivity contribution >= 4 is 5.91 Å². The maximum Gasteiger partial charge on any atom is 0.220 e. The van der Waals surface area contributed by atoms with Crippen LogP contribution < -0.4 is 5.32 Å². The number of ether oxygens (including phenoxy) is 2. The van der Waals surface area contributed by atoms with Gasteiger partial charge in [-0.3, -0.25) is 4.79 Å². The van der Waals surface area contributed by atoms with Crippen molar-refractivity contribution in [2.24, 2.45) is 0 Å². The van der Waals surface area contributed by atoms with Crippen molar-refractivity contribution in [3.05, 3.63) is 109 Å². The minimum atomic E-state index is -1.58. The Morgan fingerprint density at radius 3 is 1.11 bits per heavy atom. The predicted molar refractivity (Wildman–Crippen MR) is 354 cm³/mol. The van der Waals surface area contributed by atoms with Gasteiger partial charge in [-0.2, -0.15) is 0 Å². The maximum atomic E-state index is 13.1. The Hall–Kier alpha value is -3.15. The van der Waals surface area contributed by atoms with Gasteiger partial charge in [0.1, 0.15) is 24.4 Å². The summed E-state index contributed by atoms with van der Waals surface area (Å²) in [5, 5.41) is 54.8. The lowest BCUT2D eigenvalue weighted by atomic mass is 9.99. The van der Waals surface area contributed by atoms with Crippen LogP contribution in [0.5, 0.6) is 0 Å². The summed E-state index contributed by atoms with van der Waals surface area (Å²) in [7, 11) is 0. The Bertz CT molecular complexity index is 1680. The number of hydrogen-bond donors (Lipinski definition) is 6. The molecule has 0 aromatic carbocycles. The van der Waals surface area contributed by atoms with E-state index in [2.05, 4.69) is 116 Å². The van der Waals surface area contributed by atoms with Crippen molar-refractivity contribution in [2.45, 2.75) is 339 Å². The zero-order valence-corrected chi connectivity index (χ0v) is 53.4. The Kier molecular flexibility index (Phi) is 58.1. The molecule has 0 aliphatic carbocycles. The average Bonchev–Trinajstić information content (AvgIpc) is 3.61. The summed E-state index contributed by atoms with van der Waals surface area (Å²) in [4.78, 5) is 13.1. The normalized spacial score (nSPS) is 19.0. The molecular formula is C74H129NO8. The molecular weight excluding hydrogens is 1030 g/mol. The number of carbonyl (C=O) groups is 1. The van der Waals surface area contributed by atoms with E-state index in [1.807, 2.05) is 6.08 Å². The maximum absolute atomic E-state index is 13.1. The summed E-state index contributed by atoms with van der Waals surface area (Å²) < 4.78 is 11.3. The molecule has 478 valence electrons. The average molecular weight is 1160 g/mol. The third-order valence-corrected chi connectivity index (χ3v) is 15.9. The summed E-state index contributed by atoms with van der Waals surface area (Å²) in [6.07, 6.45) is 84.6. The second kappa shape index (κ2) is 61.9. The first kappa shape index (κ1) is 77.9. The van der Waals surface area contributed by atoms with Crippen LogP contribution in [-0.2, 0) is 14.3 Å². The fraction of sp³-hybridized carbons (Fsp3) is 0.743. The lowest BCUT2D eigenvalue weighted by molar-refractivity contribution is -0.302. The molecule has 7 unspecified atom stereocenters. The predicted octanol–water partition coefficient (Wildman–Crippen LogP) is 18.9. The summed E-state index contributed by atoms with van der Waals surface area (Å²) in [6.45, 7) is 3.68. The second-order valence-electron chi connectivity index (χ2n) is 23.6. The minimum absolute atomic E-state index is 0.193. The molecule has 6 N–H and O–H groups in total. The fourth-order valence-electron chi connectivity index (χ4n) is 10.5. The molecule has 9 nitrogen and oxygen atoms in total. The van der Waals surface area contributed by atoms with E-state index in [0.717, 1.165) is 116 Å². The molecule has 1 fully saturated rings. The van der Waals surface area contributed by atoms with Crippen molar-refractivity contribution in [1.29, 1.82) is 0 Å². The monoisotopic (exact) mass is 1160 g/mol. The van der Waals surface area contributed by atoms with Crippen LogP contribution in [0.15, 0.2) is 109 Å². The van der Waals surface area contributed by atoms with Crippen LogP contribution in [0.1, 0.15) is 296 Å². The van der Waals surface area contributed by atoms with Crippen LogP contribution in [-0.4, -0.2) is 87.5 Å². The topological polar surface area (TPSA) is 149 Å². The highest BCUT2D eigenvalue weighted by molar-refractivity contribution is 5.76. The number of amides is 1. The molecule has 0 radical (unpaired) electrons. The van der Waals surface area contributed by atoms with E-state index < -0.39 is 49.5 Å². The van der Waals surface area contributed by atoms with Gasteiger partial charge >= 0.3 is 0 Å².